The van der Waals surface area contributed by atoms with Gasteiger partial charge >= 0.3 is 5.97 Å². The van der Waals surface area contributed by atoms with E-state index >= 15 is 0 Å². The second kappa shape index (κ2) is 9.67. The van der Waals surface area contributed by atoms with Crippen molar-refractivity contribution in [2.24, 2.45) is 11.8 Å². The number of imidazole rings is 1. The summed E-state index contributed by atoms with van der Waals surface area (Å²) in [4.78, 5) is 43.3. The second-order valence-electron chi connectivity index (χ2n) is 8.73. The van der Waals surface area contributed by atoms with Gasteiger partial charge in [-0.25, -0.2) is 9.78 Å². The van der Waals surface area contributed by atoms with E-state index in [9.17, 15) is 24.8 Å². The predicted octanol–water partition coefficient (Wildman–Crippen LogP) is 2.81. The van der Waals surface area contributed by atoms with Crippen LogP contribution < -0.4 is 0 Å². The van der Waals surface area contributed by atoms with E-state index < -0.39 is 10.9 Å². The van der Waals surface area contributed by atoms with E-state index in [0.717, 1.165) is 22.4 Å². The number of esters is 1. The summed E-state index contributed by atoms with van der Waals surface area (Å²) in [6.07, 6.45) is 4.08. The Morgan fingerprint density at radius 3 is 2.86 bits per heavy atom. The number of fused-ring (bicyclic) bond motifs is 2. The molecule has 1 fully saturated rings. The lowest BCUT2D eigenvalue weighted by Crippen LogP contribution is -2.60. The summed E-state index contributed by atoms with van der Waals surface area (Å²) in [5, 5.41) is 21.5. The first-order valence-corrected chi connectivity index (χ1v) is 13.1. The monoisotopic (exact) mass is 516 g/mol. The molecule has 1 saturated heterocycles. The van der Waals surface area contributed by atoms with E-state index in [0.29, 0.717) is 12.0 Å². The summed E-state index contributed by atoms with van der Waals surface area (Å²) >= 11 is 3.28. The fourth-order valence-corrected chi connectivity index (χ4v) is 7.48. The van der Waals surface area contributed by atoms with Crippen LogP contribution >= 0.6 is 23.5 Å². The minimum atomic E-state index is -0.581. The predicted molar refractivity (Wildman–Crippen MR) is 129 cm³/mol. The molecule has 5 rings (SSSR count). The number of nitro groups is 1. The summed E-state index contributed by atoms with van der Waals surface area (Å²) < 4.78 is 7.67. The number of carbonyl (C=O) groups excluding carboxylic acids is 2. The van der Waals surface area contributed by atoms with Gasteiger partial charge in [0.25, 0.3) is 5.69 Å². The second-order valence-corrected chi connectivity index (χ2v) is 11.1. The Kier molecular flexibility index (Phi) is 6.60. The van der Waals surface area contributed by atoms with Crippen molar-refractivity contribution in [1.29, 1.82) is 0 Å². The molecule has 1 aromatic heterocycles. The number of thioether (sulfide) groups is 2. The molecule has 4 atom stereocenters. The van der Waals surface area contributed by atoms with Crippen LogP contribution in [0.25, 0.3) is 0 Å². The number of hydrogen-bond donors (Lipinski definition) is 1. The van der Waals surface area contributed by atoms with E-state index in [1.807, 2.05) is 13.1 Å². The molecule has 184 valence electrons. The quantitative estimate of drug-likeness (QED) is 0.244. The van der Waals surface area contributed by atoms with Gasteiger partial charge in [-0.15, -0.1) is 11.8 Å². The number of hydrogen-bond acceptors (Lipinski definition) is 9. The van der Waals surface area contributed by atoms with Crippen LogP contribution in [0, 0.1) is 22.0 Å². The summed E-state index contributed by atoms with van der Waals surface area (Å²) in [6.45, 7) is 2.63. The van der Waals surface area contributed by atoms with Crippen molar-refractivity contribution in [1.82, 2.24) is 14.5 Å². The van der Waals surface area contributed by atoms with E-state index in [-0.39, 0.29) is 53.6 Å². The number of benzene rings is 1. The number of amides is 1. The van der Waals surface area contributed by atoms with Crippen LogP contribution in [0.5, 0.6) is 0 Å². The first-order chi connectivity index (χ1) is 16.9. The minimum absolute atomic E-state index is 0.0403. The number of carbonyl (C=O) groups is 2. The van der Waals surface area contributed by atoms with E-state index in [1.54, 1.807) is 46.8 Å². The van der Waals surface area contributed by atoms with E-state index in [2.05, 4.69) is 9.55 Å². The van der Waals surface area contributed by atoms with Gasteiger partial charge in [0.1, 0.15) is 12.3 Å². The fraction of sp³-hybridized carbons (Fsp3) is 0.435. The third-order valence-corrected chi connectivity index (χ3v) is 9.43. The summed E-state index contributed by atoms with van der Waals surface area (Å²) in [5.41, 5.74) is 0.863. The van der Waals surface area contributed by atoms with Gasteiger partial charge in [-0.3, -0.25) is 14.9 Å². The van der Waals surface area contributed by atoms with Crippen LogP contribution in [0.1, 0.15) is 18.9 Å². The molecule has 1 N–H and O–H groups in total. The molecule has 0 saturated carbocycles. The third kappa shape index (κ3) is 4.34. The summed E-state index contributed by atoms with van der Waals surface area (Å²) in [7, 11) is 0. The molecule has 3 aliphatic rings. The Labute approximate surface area is 209 Å². The number of ether oxygens (including phenoxy) is 1. The van der Waals surface area contributed by atoms with Crippen molar-refractivity contribution in [2.75, 3.05) is 12.4 Å². The van der Waals surface area contributed by atoms with Crippen molar-refractivity contribution in [3.05, 3.63) is 62.9 Å². The maximum Gasteiger partial charge on any atom is 0.356 e. The van der Waals surface area contributed by atoms with Crippen LogP contribution in [-0.4, -0.2) is 60.0 Å². The molecule has 0 radical (unpaired) electrons. The van der Waals surface area contributed by atoms with E-state index in [4.69, 9.17) is 4.74 Å². The van der Waals surface area contributed by atoms with Crippen molar-refractivity contribution >= 4 is 41.1 Å². The lowest BCUT2D eigenvalue weighted by atomic mass is 9.80. The SMILES string of the molecule is C[C@H]1C(S[C@H]2CSc3nccn3C2)=C(C(=O)OCc2ccc([N+](=O)[O-])cc2)N2C(=O)[C@@H](CCO)[C@@H]12. The van der Waals surface area contributed by atoms with Crippen LogP contribution in [0.15, 0.2) is 52.4 Å². The number of rotatable bonds is 8. The van der Waals surface area contributed by atoms with Gasteiger partial charge in [0.2, 0.25) is 5.91 Å². The van der Waals surface area contributed by atoms with Gasteiger partial charge in [-0.1, -0.05) is 18.7 Å². The van der Waals surface area contributed by atoms with Gasteiger partial charge < -0.3 is 19.3 Å². The molecule has 0 unspecified atom stereocenters. The molecule has 2 aromatic rings. The van der Waals surface area contributed by atoms with Crippen LogP contribution in [0.4, 0.5) is 5.69 Å². The minimum Gasteiger partial charge on any atom is -0.456 e. The molecular weight excluding hydrogens is 492 g/mol. The lowest BCUT2D eigenvalue weighted by Gasteiger charge is -2.45. The van der Waals surface area contributed by atoms with Gasteiger partial charge in [0.05, 0.1) is 16.9 Å². The average molecular weight is 517 g/mol. The highest BCUT2D eigenvalue weighted by molar-refractivity contribution is 8.05. The zero-order valence-electron chi connectivity index (χ0n) is 18.9. The molecule has 1 aromatic carbocycles. The first kappa shape index (κ1) is 23.9. The smallest absolute Gasteiger partial charge is 0.356 e. The van der Waals surface area contributed by atoms with E-state index in [1.165, 1.54) is 12.1 Å². The number of aliphatic hydroxyl groups is 1. The van der Waals surface area contributed by atoms with Gasteiger partial charge in [0.15, 0.2) is 5.16 Å². The third-order valence-electron chi connectivity index (χ3n) is 6.59. The van der Waals surface area contributed by atoms with Crippen molar-refractivity contribution in [3.63, 3.8) is 0 Å². The number of aliphatic hydroxyl groups excluding tert-OH is 1. The average Bonchev–Trinajstić information content (AvgIpc) is 3.42. The van der Waals surface area contributed by atoms with Crippen LogP contribution in [0.3, 0.4) is 0 Å². The Hall–Kier alpha value is -2.83. The standard InChI is InChI=1S/C23H24N4O6S2/c1-13-18-17(6-9-28)21(29)26(18)19(20(13)35-16-10-25-8-7-24-23(25)34-12-16)22(30)33-11-14-2-4-15(5-3-14)27(31)32/h2-5,7-8,13,16-18,28H,6,9-12H2,1H3/t13-,16-,17+,18-/m1/s1. The maximum absolute atomic E-state index is 13.3. The molecule has 35 heavy (non-hydrogen) atoms. The van der Waals surface area contributed by atoms with Gasteiger partial charge in [0, 0.05) is 59.5 Å². The highest BCUT2D eigenvalue weighted by Crippen LogP contribution is 2.52. The molecule has 0 bridgehead atoms. The highest BCUT2D eigenvalue weighted by Gasteiger charge is 2.58. The molecule has 0 spiro atoms. The van der Waals surface area contributed by atoms with Gasteiger partial charge in [-0.2, -0.15) is 0 Å². The molecule has 10 nitrogen and oxygen atoms in total. The van der Waals surface area contributed by atoms with Crippen molar-refractivity contribution in [2.45, 2.75) is 42.9 Å². The summed E-state index contributed by atoms with van der Waals surface area (Å²) in [6, 6.07) is 5.65. The first-order valence-electron chi connectivity index (χ1n) is 11.3. The van der Waals surface area contributed by atoms with Crippen LogP contribution in [0.2, 0.25) is 0 Å². The normalized spacial score (nSPS) is 25.2. The maximum atomic E-state index is 13.3. The largest absolute Gasteiger partial charge is 0.456 e. The number of aromatic nitrogens is 2. The Bertz CT molecular complexity index is 1200. The summed E-state index contributed by atoms with van der Waals surface area (Å²) in [5.74, 6) is -0.273. The zero-order chi connectivity index (χ0) is 24.7. The molecule has 12 heteroatoms. The topological polar surface area (TPSA) is 128 Å². The number of β-lactam (4-membered cyclic amide) rings is 1. The molecule has 1 amide bonds. The Balaban J connectivity index is 1.36. The number of non-ortho nitro benzene ring substituents is 1. The highest BCUT2D eigenvalue weighted by atomic mass is 32.2. The Morgan fingerprint density at radius 1 is 1.37 bits per heavy atom. The number of nitrogens with zero attached hydrogens (tertiary/aromatic N) is 4. The number of nitro benzene ring substituents is 1. The molecular formula is C23H24N4O6S2. The molecule has 4 heterocycles. The molecule has 0 aliphatic carbocycles. The van der Waals surface area contributed by atoms with Crippen LogP contribution in [-0.2, 0) is 27.5 Å². The molecule has 3 aliphatic heterocycles. The zero-order valence-corrected chi connectivity index (χ0v) is 20.5. The van der Waals surface area contributed by atoms with Crippen molar-refractivity contribution < 1.29 is 24.4 Å². The Morgan fingerprint density at radius 2 is 2.14 bits per heavy atom. The van der Waals surface area contributed by atoms with Crippen molar-refractivity contribution in [3.8, 4) is 0 Å². The fourth-order valence-electron chi connectivity index (χ4n) is 4.88. The lowest BCUT2D eigenvalue weighted by molar-refractivity contribution is -0.384. The van der Waals surface area contributed by atoms with Gasteiger partial charge in [-0.05, 0) is 24.1 Å².